The zero-order valence-corrected chi connectivity index (χ0v) is 8.98. The molecule has 0 aromatic rings. The van der Waals surface area contributed by atoms with Crippen molar-refractivity contribution in [1.29, 1.82) is 0 Å². The maximum atomic E-state index is 11.2. The molecule has 2 fully saturated rings. The molecule has 1 heterocycles. The fraction of sp³-hybridized carbons (Fsp3) is 0.875. The third-order valence-electron chi connectivity index (χ3n) is 2.63. The zero-order valence-electron chi connectivity index (χ0n) is 7.46. The number of hydrogen-bond acceptors (Lipinski definition) is 2. The lowest BCUT2D eigenvalue weighted by Crippen LogP contribution is -2.26. The van der Waals surface area contributed by atoms with Crippen molar-refractivity contribution < 1.29 is 4.79 Å². The summed E-state index contributed by atoms with van der Waals surface area (Å²) in [4.78, 5) is 15.0. The van der Waals surface area contributed by atoms with Gasteiger partial charge in [-0.1, -0.05) is 0 Å². The smallest absolute Gasteiger partial charge is 0.237 e. The predicted molar refractivity (Wildman–Crippen MR) is 51.8 cm³/mol. The molecule has 1 atom stereocenters. The number of halogens is 2. The van der Waals surface area contributed by atoms with Crippen LogP contribution in [-0.2, 0) is 4.79 Å². The van der Waals surface area contributed by atoms with Crippen LogP contribution in [0.4, 0.5) is 0 Å². The molecule has 13 heavy (non-hydrogen) atoms. The molecule has 1 aliphatic heterocycles. The van der Waals surface area contributed by atoms with Gasteiger partial charge in [-0.3, -0.25) is 9.69 Å². The highest BCUT2D eigenvalue weighted by Crippen LogP contribution is 2.53. The van der Waals surface area contributed by atoms with Gasteiger partial charge in [0.2, 0.25) is 5.91 Å². The van der Waals surface area contributed by atoms with Crippen molar-refractivity contribution in [1.82, 2.24) is 9.80 Å². The van der Waals surface area contributed by atoms with Crippen LogP contribution >= 0.6 is 23.2 Å². The molecule has 1 saturated carbocycles. The van der Waals surface area contributed by atoms with E-state index >= 15 is 0 Å². The first-order chi connectivity index (χ1) is 5.99. The Morgan fingerprint density at radius 3 is 2.62 bits per heavy atom. The van der Waals surface area contributed by atoms with E-state index in [4.69, 9.17) is 23.2 Å². The Kier molecular flexibility index (Phi) is 2.21. The minimum Gasteiger partial charge on any atom is -0.332 e. The molecule has 1 unspecified atom stereocenters. The molecular formula is C8H12Cl2N2O. The Labute approximate surface area is 87.6 Å². The van der Waals surface area contributed by atoms with Crippen molar-refractivity contribution >= 4 is 29.1 Å². The van der Waals surface area contributed by atoms with E-state index in [0.717, 1.165) is 13.0 Å². The second-order valence-corrected chi connectivity index (χ2v) is 5.45. The standard InChI is InChI=1S/C8H12Cl2N2O/c1-11-5-12(4-7(11)13)3-6-2-8(6,9)10/h6H,2-5H2,1H3. The van der Waals surface area contributed by atoms with Gasteiger partial charge in [-0.15, -0.1) is 23.2 Å². The van der Waals surface area contributed by atoms with Crippen LogP contribution < -0.4 is 0 Å². The summed E-state index contributed by atoms with van der Waals surface area (Å²) in [6, 6.07) is 0. The number of rotatable bonds is 2. The molecule has 1 aliphatic carbocycles. The Bertz CT molecular complexity index is 244. The van der Waals surface area contributed by atoms with Crippen LogP contribution in [0.3, 0.4) is 0 Å². The molecular weight excluding hydrogens is 211 g/mol. The molecule has 0 N–H and O–H groups in total. The molecule has 0 radical (unpaired) electrons. The van der Waals surface area contributed by atoms with Gasteiger partial charge >= 0.3 is 0 Å². The molecule has 74 valence electrons. The SMILES string of the molecule is CN1CN(CC2CC2(Cl)Cl)CC1=O. The minimum atomic E-state index is -0.524. The molecule has 3 nitrogen and oxygen atoms in total. The second kappa shape index (κ2) is 3.01. The Hall–Kier alpha value is 0.01000. The van der Waals surface area contributed by atoms with Crippen molar-refractivity contribution in [2.24, 2.45) is 5.92 Å². The van der Waals surface area contributed by atoms with Crippen LogP contribution in [0.15, 0.2) is 0 Å². The van der Waals surface area contributed by atoms with E-state index in [1.807, 2.05) is 7.05 Å². The highest BCUT2D eigenvalue weighted by molar-refractivity contribution is 6.50. The van der Waals surface area contributed by atoms with Crippen LogP contribution in [0.2, 0.25) is 0 Å². The van der Waals surface area contributed by atoms with Crippen molar-refractivity contribution in [2.45, 2.75) is 10.8 Å². The number of alkyl halides is 2. The molecule has 5 heteroatoms. The topological polar surface area (TPSA) is 23.6 Å². The van der Waals surface area contributed by atoms with Crippen LogP contribution in [-0.4, -0.2) is 46.8 Å². The Balaban J connectivity index is 1.82. The number of hydrogen-bond donors (Lipinski definition) is 0. The zero-order chi connectivity index (χ0) is 9.64. The van der Waals surface area contributed by atoms with Crippen molar-refractivity contribution in [3.05, 3.63) is 0 Å². The van der Waals surface area contributed by atoms with Crippen LogP contribution in [0.5, 0.6) is 0 Å². The molecule has 1 amide bonds. The monoisotopic (exact) mass is 222 g/mol. The molecule has 2 aliphatic rings. The lowest BCUT2D eigenvalue weighted by molar-refractivity contribution is -0.125. The van der Waals surface area contributed by atoms with Gasteiger partial charge in [-0.2, -0.15) is 0 Å². The maximum absolute atomic E-state index is 11.2. The highest BCUT2D eigenvalue weighted by Gasteiger charge is 2.52. The number of carbonyl (C=O) groups is 1. The van der Waals surface area contributed by atoms with Crippen LogP contribution in [0, 0.1) is 5.92 Å². The third-order valence-corrected chi connectivity index (χ3v) is 3.56. The minimum absolute atomic E-state index is 0.176. The van der Waals surface area contributed by atoms with E-state index in [-0.39, 0.29) is 5.91 Å². The first-order valence-electron chi connectivity index (χ1n) is 4.33. The van der Waals surface area contributed by atoms with E-state index in [1.54, 1.807) is 4.90 Å². The summed E-state index contributed by atoms with van der Waals surface area (Å²) in [5, 5.41) is 0. The van der Waals surface area contributed by atoms with Gasteiger partial charge in [0.05, 0.1) is 13.2 Å². The summed E-state index contributed by atoms with van der Waals surface area (Å²) in [6.07, 6.45) is 0.852. The fourth-order valence-electron chi connectivity index (χ4n) is 1.64. The first kappa shape index (κ1) is 9.56. The van der Waals surface area contributed by atoms with Crippen molar-refractivity contribution in [3.63, 3.8) is 0 Å². The predicted octanol–water partition coefficient (Wildman–Crippen LogP) is 0.912. The Morgan fingerprint density at radius 1 is 1.62 bits per heavy atom. The largest absolute Gasteiger partial charge is 0.332 e. The molecule has 0 bridgehead atoms. The van der Waals surface area contributed by atoms with E-state index < -0.39 is 4.33 Å². The summed E-state index contributed by atoms with van der Waals surface area (Å²) in [5.41, 5.74) is 0. The molecule has 0 aromatic heterocycles. The van der Waals surface area contributed by atoms with Gasteiger partial charge in [0.25, 0.3) is 0 Å². The number of nitrogens with zero attached hydrogens (tertiary/aromatic N) is 2. The fourth-order valence-corrected chi connectivity index (χ4v) is 2.15. The van der Waals surface area contributed by atoms with E-state index in [2.05, 4.69) is 4.90 Å². The van der Waals surface area contributed by atoms with Crippen LogP contribution in [0.25, 0.3) is 0 Å². The summed E-state index contributed by atoms with van der Waals surface area (Å²) in [7, 11) is 1.81. The molecule has 1 saturated heterocycles. The van der Waals surface area contributed by atoms with Gasteiger partial charge in [0.1, 0.15) is 4.33 Å². The number of likely N-dealkylation sites (N-methyl/N-ethyl adjacent to an activating group) is 1. The summed E-state index contributed by atoms with van der Waals surface area (Å²) >= 11 is 11.8. The molecule has 0 aromatic carbocycles. The quantitative estimate of drug-likeness (QED) is 0.649. The Morgan fingerprint density at radius 2 is 2.23 bits per heavy atom. The van der Waals surface area contributed by atoms with Gasteiger partial charge in [-0.05, 0) is 6.42 Å². The lowest BCUT2D eigenvalue weighted by Gasteiger charge is -2.14. The summed E-state index contributed by atoms with van der Waals surface area (Å²) < 4.78 is -0.524. The number of amides is 1. The molecule has 0 spiro atoms. The average Bonchev–Trinajstić information content (AvgIpc) is 2.44. The molecule has 2 rings (SSSR count). The summed E-state index contributed by atoms with van der Waals surface area (Å²) in [6.45, 7) is 2.05. The normalized spacial score (nSPS) is 32.7. The first-order valence-corrected chi connectivity index (χ1v) is 5.09. The van der Waals surface area contributed by atoms with Crippen LogP contribution in [0.1, 0.15) is 6.42 Å². The van der Waals surface area contributed by atoms with Gasteiger partial charge in [0.15, 0.2) is 0 Å². The van der Waals surface area contributed by atoms with Gasteiger partial charge in [-0.25, -0.2) is 0 Å². The van der Waals surface area contributed by atoms with Crippen molar-refractivity contribution in [2.75, 3.05) is 26.8 Å². The second-order valence-electron chi connectivity index (χ2n) is 3.91. The van der Waals surface area contributed by atoms with E-state index in [9.17, 15) is 4.79 Å². The van der Waals surface area contributed by atoms with E-state index in [1.165, 1.54) is 0 Å². The summed E-state index contributed by atoms with van der Waals surface area (Å²) in [5.74, 6) is 0.519. The van der Waals surface area contributed by atoms with Gasteiger partial charge in [0, 0.05) is 19.5 Å². The number of carbonyl (C=O) groups excluding carboxylic acids is 1. The third kappa shape index (κ3) is 1.92. The van der Waals surface area contributed by atoms with Gasteiger partial charge < -0.3 is 4.90 Å². The maximum Gasteiger partial charge on any atom is 0.237 e. The highest BCUT2D eigenvalue weighted by atomic mass is 35.5. The lowest BCUT2D eigenvalue weighted by atomic mass is 10.4. The van der Waals surface area contributed by atoms with Crippen molar-refractivity contribution in [3.8, 4) is 0 Å². The average molecular weight is 223 g/mol. The van der Waals surface area contributed by atoms with E-state index in [0.29, 0.717) is 19.1 Å².